The normalized spacial score (nSPS) is 15.5. The summed E-state index contributed by atoms with van der Waals surface area (Å²) in [5, 5.41) is 0. The Morgan fingerprint density at radius 2 is 1.59 bits per heavy atom. The maximum atomic E-state index is 13.1. The number of piperazine rings is 1. The van der Waals surface area contributed by atoms with E-state index in [1.165, 1.54) is 30.6 Å². The van der Waals surface area contributed by atoms with Gasteiger partial charge in [-0.3, -0.25) is 14.0 Å². The molecule has 0 spiro atoms. The van der Waals surface area contributed by atoms with Crippen LogP contribution in [0.3, 0.4) is 0 Å². The molecule has 1 saturated heterocycles. The summed E-state index contributed by atoms with van der Waals surface area (Å²) in [5.41, 5.74) is 2.15. The Morgan fingerprint density at radius 1 is 0.919 bits per heavy atom. The number of anilines is 1. The third kappa shape index (κ3) is 5.21. The maximum absolute atomic E-state index is 13.1. The molecule has 0 atom stereocenters. The molecule has 2 heterocycles. The van der Waals surface area contributed by atoms with Crippen LogP contribution in [-0.2, 0) is 16.6 Å². The van der Waals surface area contributed by atoms with Crippen LogP contribution in [0.5, 0.6) is 17.2 Å². The van der Waals surface area contributed by atoms with Gasteiger partial charge in [0, 0.05) is 45.3 Å². The van der Waals surface area contributed by atoms with Gasteiger partial charge in [-0.2, -0.15) is 0 Å². The lowest BCUT2D eigenvalue weighted by Gasteiger charge is -2.35. The highest BCUT2D eigenvalue weighted by molar-refractivity contribution is 7.92. The first kappa shape index (κ1) is 24.9. The number of carbonyl (C=O) groups excluding carboxylic acids is 1. The number of amides is 1. The van der Waals surface area contributed by atoms with Gasteiger partial charge in [0.05, 0.1) is 17.7 Å². The highest BCUT2D eigenvalue weighted by Crippen LogP contribution is 2.33. The SMILES string of the molecule is COc1ccc(S(=O)(=O)N(C)c2ccc(C(=O)N3CCN(Cc4ccc5c(c4)OCO5)CC3)cc2)cc1. The summed E-state index contributed by atoms with van der Waals surface area (Å²) < 4.78 is 43.2. The van der Waals surface area contributed by atoms with Crippen LogP contribution < -0.4 is 18.5 Å². The second-order valence-corrected chi connectivity index (χ2v) is 10.9. The number of sulfonamides is 1. The third-order valence-electron chi connectivity index (χ3n) is 6.70. The molecule has 3 aromatic rings. The van der Waals surface area contributed by atoms with Gasteiger partial charge < -0.3 is 19.1 Å². The summed E-state index contributed by atoms with van der Waals surface area (Å²) in [4.78, 5) is 17.4. The highest BCUT2D eigenvalue weighted by atomic mass is 32.2. The standard InChI is InChI=1S/C27H29N3O6S/c1-28(37(32,33)24-10-8-23(34-2)9-11-24)22-6-4-21(5-7-22)27(31)30-15-13-29(14-16-30)18-20-3-12-25-26(17-20)36-19-35-25/h3-12,17H,13-16,18-19H2,1-2H3. The van der Waals surface area contributed by atoms with Gasteiger partial charge in [-0.25, -0.2) is 8.42 Å². The largest absolute Gasteiger partial charge is 0.497 e. The number of carbonyl (C=O) groups is 1. The molecule has 2 aliphatic heterocycles. The molecule has 5 rings (SSSR count). The molecule has 9 nitrogen and oxygen atoms in total. The molecular weight excluding hydrogens is 494 g/mol. The van der Waals surface area contributed by atoms with E-state index in [1.54, 1.807) is 36.4 Å². The number of methoxy groups -OCH3 is 1. The second kappa shape index (κ2) is 10.3. The van der Waals surface area contributed by atoms with Gasteiger partial charge in [0.15, 0.2) is 11.5 Å². The van der Waals surface area contributed by atoms with Crippen LogP contribution in [0.15, 0.2) is 71.6 Å². The van der Waals surface area contributed by atoms with Gasteiger partial charge in [0.1, 0.15) is 5.75 Å². The summed E-state index contributed by atoms with van der Waals surface area (Å²) in [7, 11) is -0.721. The Hall–Kier alpha value is -3.76. The minimum absolute atomic E-state index is 0.0602. The second-order valence-electron chi connectivity index (χ2n) is 8.95. The number of hydrogen-bond acceptors (Lipinski definition) is 7. The monoisotopic (exact) mass is 523 g/mol. The van der Waals surface area contributed by atoms with E-state index in [-0.39, 0.29) is 17.6 Å². The zero-order chi connectivity index (χ0) is 26.0. The van der Waals surface area contributed by atoms with Gasteiger partial charge in [0.2, 0.25) is 6.79 Å². The van der Waals surface area contributed by atoms with Crippen molar-refractivity contribution in [2.24, 2.45) is 0 Å². The number of fused-ring (bicyclic) bond motifs is 1. The lowest BCUT2D eigenvalue weighted by atomic mass is 10.1. The van der Waals surface area contributed by atoms with Gasteiger partial charge in [-0.05, 0) is 66.2 Å². The van der Waals surface area contributed by atoms with E-state index in [4.69, 9.17) is 14.2 Å². The summed E-state index contributed by atoms with van der Waals surface area (Å²) >= 11 is 0. The van der Waals surface area contributed by atoms with E-state index in [2.05, 4.69) is 4.90 Å². The van der Waals surface area contributed by atoms with E-state index >= 15 is 0 Å². The average Bonchev–Trinajstić information content (AvgIpc) is 3.41. The smallest absolute Gasteiger partial charge is 0.264 e. The Labute approximate surface area is 216 Å². The maximum Gasteiger partial charge on any atom is 0.264 e. The summed E-state index contributed by atoms with van der Waals surface area (Å²) in [6.45, 7) is 3.81. The molecule has 37 heavy (non-hydrogen) atoms. The molecule has 0 radical (unpaired) electrons. The predicted molar refractivity (Wildman–Crippen MR) is 139 cm³/mol. The van der Waals surface area contributed by atoms with Crippen molar-refractivity contribution in [3.8, 4) is 17.2 Å². The fraction of sp³-hybridized carbons (Fsp3) is 0.296. The van der Waals surface area contributed by atoms with Crippen LogP contribution in [0.2, 0.25) is 0 Å². The summed E-state index contributed by atoms with van der Waals surface area (Å²) in [5.74, 6) is 2.07. The Bertz CT molecular complexity index is 1370. The fourth-order valence-corrected chi connectivity index (χ4v) is 5.64. The zero-order valence-corrected chi connectivity index (χ0v) is 21.6. The van der Waals surface area contributed by atoms with E-state index < -0.39 is 10.0 Å². The molecule has 0 aromatic heterocycles. The van der Waals surface area contributed by atoms with Crippen molar-refractivity contribution >= 4 is 21.6 Å². The lowest BCUT2D eigenvalue weighted by molar-refractivity contribution is 0.0628. The van der Waals surface area contributed by atoms with Gasteiger partial charge in [0.25, 0.3) is 15.9 Å². The fourth-order valence-electron chi connectivity index (χ4n) is 4.45. The quantitative estimate of drug-likeness (QED) is 0.470. The molecule has 1 fully saturated rings. The van der Waals surface area contributed by atoms with Crippen molar-refractivity contribution < 1.29 is 27.4 Å². The van der Waals surface area contributed by atoms with Crippen molar-refractivity contribution in [2.45, 2.75) is 11.4 Å². The first-order chi connectivity index (χ1) is 17.8. The van der Waals surface area contributed by atoms with Crippen LogP contribution in [0, 0.1) is 0 Å². The highest BCUT2D eigenvalue weighted by Gasteiger charge is 2.25. The average molecular weight is 524 g/mol. The van der Waals surface area contributed by atoms with Gasteiger partial charge in [-0.15, -0.1) is 0 Å². The first-order valence-corrected chi connectivity index (χ1v) is 13.4. The van der Waals surface area contributed by atoms with Crippen molar-refractivity contribution in [3.63, 3.8) is 0 Å². The molecule has 194 valence electrons. The molecule has 0 saturated carbocycles. The molecule has 0 unspecified atom stereocenters. The van der Waals surface area contributed by atoms with Crippen molar-refractivity contribution in [3.05, 3.63) is 77.9 Å². The Morgan fingerprint density at radius 3 is 2.27 bits per heavy atom. The van der Waals surface area contributed by atoms with Crippen LogP contribution >= 0.6 is 0 Å². The third-order valence-corrected chi connectivity index (χ3v) is 8.50. The van der Waals surface area contributed by atoms with Gasteiger partial charge in [-0.1, -0.05) is 6.07 Å². The van der Waals surface area contributed by atoms with Crippen molar-refractivity contribution in [2.75, 3.05) is 51.4 Å². The molecule has 0 aliphatic carbocycles. The minimum Gasteiger partial charge on any atom is -0.497 e. The zero-order valence-electron chi connectivity index (χ0n) is 20.8. The summed E-state index contributed by atoms with van der Waals surface area (Å²) in [6.07, 6.45) is 0. The van der Waals surface area contributed by atoms with E-state index in [1.807, 2.05) is 23.1 Å². The topological polar surface area (TPSA) is 88.6 Å². The van der Waals surface area contributed by atoms with Crippen molar-refractivity contribution in [1.29, 1.82) is 0 Å². The van der Waals surface area contributed by atoms with Gasteiger partial charge >= 0.3 is 0 Å². The number of nitrogens with zero attached hydrogens (tertiary/aromatic N) is 3. The van der Waals surface area contributed by atoms with E-state index in [0.29, 0.717) is 30.1 Å². The molecular formula is C27H29N3O6S. The summed E-state index contributed by atoms with van der Waals surface area (Å²) in [6, 6.07) is 18.9. The number of ether oxygens (including phenoxy) is 3. The first-order valence-electron chi connectivity index (χ1n) is 12.0. The molecule has 0 N–H and O–H groups in total. The molecule has 2 aliphatic rings. The minimum atomic E-state index is -3.74. The molecule has 3 aromatic carbocycles. The van der Waals surface area contributed by atoms with Crippen LogP contribution in [0.25, 0.3) is 0 Å². The number of benzene rings is 3. The van der Waals surface area contributed by atoms with Crippen LogP contribution in [0.1, 0.15) is 15.9 Å². The molecule has 0 bridgehead atoms. The van der Waals surface area contributed by atoms with Crippen molar-refractivity contribution in [1.82, 2.24) is 9.80 Å². The number of hydrogen-bond donors (Lipinski definition) is 0. The van der Waals surface area contributed by atoms with Crippen LogP contribution in [0.4, 0.5) is 5.69 Å². The number of rotatable bonds is 7. The molecule has 1 amide bonds. The predicted octanol–water partition coefficient (Wildman–Crippen LogP) is 3.21. The lowest BCUT2D eigenvalue weighted by Crippen LogP contribution is -2.48. The van der Waals surface area contributed by atoms with E-state index in [9.17, 15) is 13.2 Å². The molecule has 10 heteroatoms. The Kier molecular flexibility index (Phi) is 6.94. The van der Waals surface area contributed by atoms with Crippen LogP contribution in [-0.4, -0.2) is 71.3 Å². The Balaban J connectivity index is 1.18. The van der Waals surface area contributed by atoms with E-state index in [0.717, 1.165) is 36.7 Å².